The first kappa shape index (κ1) is 22.3. The van der Waals surface area contributed by atoms with Gasteiger partial charge in [-0.1, -0.05) is 24.6 Å². The fourth-order valence-electron chi connectivity index (χ4n) is 3.01. The number of unbranched alkanes of at least 4 members (excludes halogenated alkanes) is 1. The van der Waals surface area contributed by atoms with E-state index < -0.39 is 10.0 Å². The van der Waals surface area contributed by atoms with Gasteiger partial charge in [0.2, 0.25) is 10.0 Å². The number of hydrogen-bond acceptors (Lipinski definition) is 7. The molecule has 9 heteroatoms. The largest absolute Gasteiger partial charge is 0.302 e. The molecule has 1 atom stereocenters. The summed E-state index contributed by atoms with van der Waals surface area (Å²) in [5.74, 6) is 0. The number of rotatable bonds is 13. The van der Waals surface area contributed by atoms with E-state index in [0.29, 0.717) is 23.6 Å². The van der Waals surface area contributed by atoms with Crippen LogP contribution in [0, 0.1) is 0 Å². The maximum atomic E-state index is 12.1. The first-order chi connectivity index (χ1) is 14.1. The van der Waals surface area contributed by atoms with Gasteiger partial charge in [-0.25, -0.2) is 13.1 Å². The third-order valence-corrected chi connectivity index (χ3v) is 9.06. The molecule has 0 saturated carbocycles. The molecule has 0 saturated heterocycles. The molecule has 1 N–H and O–H groups in total. The molecule has 0 radical (unpaired) electrons. The van der Waals surface area contributed by atoms with E-state index in [4.69, 9.17) is 0 Å². The molecule has 3 heterocycles. The quantitative estimate of drug-likeness (QED) is 0.294. The number of carbonyl (C=O) groups is 1. The van der Waals surface area contributed by atoms with Crippen molar-refractivity contribution in [3.8, 4) is 0 Å². The van der Waals surface area contributed by atoms with Crippen molar-refractivity contribution in [2.45, 2.75) is 42.6 Å². The molecule has 0 bridgehead atoms. The summed E-state index contributed by atoms with van der Waals surface area (Å²) in [7, 11) is -3.42. The van der Waals surface area contributed by atoms with Crippen molar-refractivity contribution in [1.29, 1.82) is 0 Å². The minimum atomic E-state index is -3.42. The highest BCUT2D eigenvalue weighted by Crippen LogP contribution is 2.21. The molecule has 5 nitrogen and oxygen atoms in total. The molecule has 0 fully saturated rings. The van der Waals surface area contributed by atoms with Crippen LogP contribution in [0.25, 0.3) is 0 Å². The molecule has 0 amide bonds. The van der Waals surface area contributed by atoms with Crippen LogP contribution in [-0.2, 0) is 27.9 Å². The maximum absolute atomic E-state index is 12.1. The summed E-state index contributed by atoms with van der Waals surface area (Å²) >= 11 is 4.60. The van der Waals surface area contributed by atoms with E-state index in [1.54, 1.807) is 40.2 Å². The van der Waals surface area contributed by atoms with Crippen LogP contribution in [0.2, 0.25) is 0 Å². The predicted octanol–water partition coefficient (Wildman–Crippen LogP) is 4.59. The van der Waals surface area contributed by atoms with Gasteiger partial charge in [0.05, 0.1) is 6.04 Å². The first-order valence-electron chi connectivity index (χ1n) is 9.36. The summed E-state index contributed by atoms with van der Waals surface area (Å²) in [6.45, 7) is 1.86. The molecule has 1 unspecified atom stereocenters. The van der Waals surface area contributed by atoms with E-state index in [-0.39, 0.29) is 6.04 Å². The normalized spacial score (nSPS) is 13.0. The van der Waals surface area contributed by atoms with E-state index >= 15 is 0 Å². The lowest BCUT2D eigenvalue weighted by Crippen LogP contribution is -2.35. The molecule has 29 heavy (non-hydrogen) atoms. The fourth-order valence-corrected chi connectivity index (χ4v) is 6.58. The van der Waals surface area contributed by atoms with Gasteiger partial charge in [0.15, 0.2) is 0 Å². The van der Waals surface area contributed by atoms with Gasteiger partial charge in [-0.2, -0.15) is 0 Å². The van der Waals surface area contributed by atoms with Gasteiger partial charge in [0, 0.05) is 29.4 Å². The smallest absolute Gasteiger partial charge is 0.250 e. The zero-order valence-electron chi connectivity index (χ0n) is 15.9. The Morgan fingerprint density at radius 2 is 1.55 bits per heavy atom. The minimum Gasteiger partial charge on any atom is -0.302 e. The van der Waals surface area contributed by atoms with E-state index in [1.165, 1.54) is 21.1 Å². The van der Waals surface area contributed by atoms with Crippen molar-refractivity contribution in [3.63, 3.8) is 0 Å². The van der Waals surface area contributed by atoms with Gasteiger partial charge in [0.1, 0.15) is 10.5 Å². The predicted molar refractivity (Wildman–Crippen MR) is 121 cm³/mol. The number of hydrogen-bond donors (Lipinski definition) is 1. The van der Waals surface area contributed by atoms with E-state index in [0.717, 1.165) is 25.8 Å². The highest BCUT2D eigenvalue weighted by Gasteiger charge is 2.20. The number of nitrogens with one attached hydrogen (secondary N) is 1. The highest BCUT2D eigenvalue weighted by molar-refractivity contribution is 7.91. The van der Waals surface area contributed by atoms with Crippen LogP contribution in [-0.4, -0.2) is 32.2 Å². The second-order valence-electron chi connectivity index (χ2n) is 6.59. The van der Waals surface area contributed by atoms with E-state index in [9.17, 15) is 13.2 Å². The summed E-state index contributed by atoms with van der Waals surface area (Å²) in [6, 6.07) is 11.4. The number of nitrogens with zero attached hydrogens (tertiary/aromatic N) is 1. The lowest BCUT2D eigenvalue weighted by molar-refractivity contribution is -0.113. The Morgan fingerprint density at radius 1 is 0.931 bits per heavy atom. The Kier molecular flexibility index (Phi) is 8.58. The van der Waals surface area contributed by atoms with Gasteiger partial charge in [-0.3, -0.25) is 4.90 Å². The number of thiophene rings is 3. The molecular formula is C20H24N2O3S4. The topological polar surface area (TPSA) is 66.5 Å². The van der Waals surface area contributed by atoms with E-state index in [1.807, 2.05) is 22.9 Å². The lowest BCUT2D eigenvalue weighted by Gasteiger charge is -2.27. The number of aldehydes is 1. The molecule has 0 aliphatic heterocycles. The van der Waals surface area contributed by atoms with Gasteiger partial charge in [-0.05, 0) is 47.2 Å². The fraction of sp³-hybridized carbons (Fsp3) is 0.350. The third-order valence-electron chi connectivity index (χ3n) is 4.48. The SMILES string of the molecule is O=CC(CCCCNS(=O)(=O)c1cccs1)N(Cc1cccs1)Cc1cccs1. The average molecular weight is 469 g/mol. The van der Waals surface area contributed by atoms with Gasteiger partial charge in [-0.15, -0.1) is 34.0 Å². The van der Waals surface area contributed by atoms with Crippen molar-refractivity contribution >= 4 is 50.3 Å². The van der Waals surface area contributed by atoms with Gasteiger partial charge in [0.25, 0.3) is 0 Å². The molecule has 3 aromatic rings. The van der Waals surface area contributed by atoms with Crippen LogP contribution in [0.15, 0.2) is 56.7 Å². The average Bonchev–Trinajstić information content (AvgIpc) is 3.48. The Balaban J connectivity index is 1.51. The minimum absolute atomic E-state index is 0.187. The highest BCUT2D eigenvalue weighted by atomic mass is 32.2. The van der Waals surface area contributed by atoms with Crippen LogP contribution in [0.5, 0.6) is 0 Å². The van der Waals surface area contributed by atoms with Crippen molar-refractivity contribution in [2.24, 2.45) is 0 Å². The van der Waals surface area contributed by atoms with Crippen LogP contribution in [0.4, 0.5) is 0 Å². The van der Waals surface area contributed by atoms with Crippen LogP contribution < -0.4 is 4.72 Å². The van der Waals surface area contributed by atoms with Crippen LogP contribution in [0.1, 0.15) is 29.0 Å². The van der Waals surface area contributed by atoms with Gasteiger partial charge < -0.3 is 4.79 Å². The van der Waals surface area contributed by atoms with Crippen LogP contribution >= 0.6 is 34.0 Å². The summed E-state index contributed by atoms with van der Waals surface area (Å²) in [4.78, 5) is 16.5. The van der Waals surface area contributed by atoms with Gasteiger partial charge >= 0.3 is 0 Å². The summed E-state index contributed by atoms with van der Waals surface area (Å²) < 4.78 is 27.3. The van der Waals surface area contributed by atoms with E-state index in [2.05, 4.69) is 21.8 Å². The molecule has 0 spiro atoms. The first-order valence-corrected chi connectivity index (χ1v) is 13.5. The zero-order valence-corrected chi connectivity index (χ0v) is 19.2. The molecule has 0 aliphatic carbocycles. The second kappa shape index (κ2) is 11.1. The lowest BCUT2D eigenvalue weighted by atomic mass is 10.1. The summed E-state index contributed by atoms with van der Waals surface area (Å²) in [5.41, 5.74) is 0. The molecule has 0 aromatic carbocycles. The maximum Gasteiger partial charge on any atom is 0.250 e. The monoisotopic (exact) mass is 468 g/mol. The Hall–Kier alpha value is -1.36. The molecule has 0 aliphatic rings. The zero-order chi connectivity index (χ0) is 20.5. The van der Waals surface area contributed by atoms with Crippen molar-refractivity contribution < 1.29 is 13.2 Å². The summed E-state index contributed by atoms with van der Waals surface area (Å²) in [6.07, 6.45) is 3.21. The number of carbonyl (C=O) groups excluding carboxylic acids is 1. The Bertz CT molecular complexity index is 900. The number of sulfonamides is 1. The Morgan fingerprint density at radius 3 is 2.07 bits per heavy atom. The third kappa shape index (κ3) is 6.84. The second-order valence-corrected chi connectivity index (χ2v) is 11.6. The summed E-state index contributed by atoms with van der Waals surface area (Å²) in [5, 5.41) is 5.85. The molecular weight excluding hydrogens is 444 g/mol. The molecule has 156 valence electrons. The standard InChI is InChI=1S/C20H24N2O3S4/c23-16-17(6-1-2-10-21-29(24,25)20-9-5-13-28-20)22(14-18-7-3-11-26-18)15-19-8-4-12-27-19/h3-5,7-9,11-13,16-17,21H,1-2,6,10,14-15H2. The molecule has 3 aromatic heterocycles. The van der Waals surface area contributed by atoms with Crippen molar-refractivity contribution in [3.05, 3.63) is 62.3 Å². The van der Waals surface area contributed by atoms with Crippen molar-refractivity contribution in [1.82, 2.24) is 9.62 Å². The van der Waals surface area contributed by atoms with Crippen molar-refractivity contribution in [2.75, 3.05) is 6.54 Å². The van der Waals surface area contributed by atoms with Crippen LogP contribution in [0.3, 0.4) is 0 Å². The molecule has 3 rings (SSSR count). The Labute approximate surface area is 184 Å².